The molecule has 0 saturated heterocycles. The molecule has 102 valence electrons. The number of H-pyrrole nitrogens is 1. The first-order chi connectivity index (χ1) is 8.99. The molecule has 0 aliphatic rings. The van der Waals surface area contributed by atoms with Gasteiger partial charge in [0.25, 0.3) is 5.56 Å². The minimum Gasteiger partial charge on any atom is -0.467 e. The van der Waals surface area contributed by atoms with Crippen LogP contribution in [0.25, 0.3) is 10.2 Å². The second-order valence-electron chi connectivity index (χ2n) is 4.11. The zero-order chi connectivity index (χ0) is 14.2. The largest absolute Gasteiger partial charge is 0.467 e. The summed E-state index contributed by atoms with van der Waals surface area (Å²) < 4.78 is 6.15. The SMILES string of the molecule is CCc1cc2c(=O)n(C(C)C(=O)OC)c(=S)[nH]c2s1. The molecule has 0 fully saturated rings. The zero-order valence-electron chi connectivity index (χ0n) is 10.9. The fraction of sp³-hybridized carbons (Fsp3) is 0.417. The number of nitrogens with one attached hydrogen (secondary N) is 1. The maximum absolute atomic E-state index is 12.4. The minimum absolute atomic E-state index is 0.236. The number of methoxy groups -OCH3 is 1. The second kappa shape index (κ2) is 5.26. The maximum atomic E-state index is 12.4. The van der Waals surface area contributed by atoms with E-state index in [2.05, 4.69) is 9.72 Å². The third-order valence-corrected chi connectivity index (χ3v) is 4.44. The minimum atomic E-state index is -0.740. The third kappa shape index (κ3) is 2.35. The quantitative estimate of drug-likeness (QED) is 0.698. The molecule has 1 atom stereocenters. The number of rotatable bonds is 3. The van der Waals surface area contributed by atoms with Gasteiger partial charge >= 0.3 is 5.97 Å². The Balaban J connectivity index is 2.72. The van der Waals surface area contributed by atoms with Crippen molar-refractivity contribution >= 4 is 39.7 Å². The van der Waals surface area contributed by atoms with Crippen LogP contribution in [-0.4, -0.2) is 22.6 Å². The van der Waals surface area contributed by atoms with Crippen LogP contribution in [0.5, 0.6) is 0 Å². The molecule has 0 aliphatic carbocycles. The van der Waals surface area contributed by atoms with E-state index in [0.717, 1.165) is 16.1 Å². The number of aromatic nitrogens is 2. The van der Waals surface area contributed by atoms with Gasteiger partial charge in [0.05, 0.1) is 12.5 Å². The number of ether oxygens (including phenoxy) is 1. The summed E-state index contributed by atoms with van der Waals surface area (Å²) in [6, 6.07) is 1.10. The Kier molecular flexibility index (Phi) is 3.86. The summed E-state index contributed by atoms with van der Waals surface area (Å²) >= 11 is 6.67. The number of fused-ring (bicyclic) bond motifs is 1. The summed E-state index contributed by atoms with van der Waals surface area (Å²) in [7, 11) is 1.29. The Labute approximate surface area is 118 Å². The average molecular weight is 298 g/mol. The van der Waals surface area contributed by atoms with Crippen molar-refractivity contribution in [1.82, 2.24) is 9.55 Å². The van der Waals surface area contributed by atoms with Gasteiger partial charge in [-0.15, -0.1) is 11.3 Å². The van der Waals surface area contributed by atoms with Crippen molar-refractivity contribution < 1.29 is 9.53 Å². The van der Waals surface area contributed by atoms with Crippen molar-refractivity contribution in [3.63, 3.8) is 0 Å². The molecule has 7 heteroatoms. The molecule has 0 spiro atoms. The molecule has 1 unspecified atom stereocenters. The van der Waals surface area contributed by atoms with E-state index >= 15 is 0 Å². The molecule has 2 aromatic heterocycles. The van der Waals surface area contributed by atoms with Crippen molar-refractivity contribution in [3.05, 3.63) is 26.1 Å². The van der Waals surface area contributed by atoms with Gasteiger partial charge in [-0.25, -0.2) is 4.79 Å². The van der Waals surface area contributed by atoms with Crippen LogP contribution >= 0.6 is 23.6 Å². The number of thiophene rings is 1. The predicted molar refractivity (Wildman–Crippen MR) is 77.4 cm³/mol. The molecule has 0 aromatic carbocycles. The van der Waals surface area contributed by atoms with Gasteiger partial charge in [0.2, 0.25) is 0 Å². The lowest BCUT2D eigenvalue weighted by Crippen LogP contribution is -2.29. The van der Waals surface area contributed by atoms with Crippen LogP contribution in [0.2, 0.25) is 0 Å². The summed E-state index contributed by atoms with van der Waals surface area (Å²) in [5.41, 5.74) is -0.257. The first-order valence-electron chi connectivity index (χ1n) is 5.84. The summed E-state index contributed by atoms with van der Waals surface area (Å²) in [6.45, 7) is 3.62. The van der Waals surface area contributed by atoms with Crippen LogP contribution in [0.3, 0.4) is 0 Å². The molecule has 0 bridgehead atoms. The van der Waals surface area contributed by atoms with E-state index < -0.39 is 12.0 Å². The Hall–Kier alpha value is -1.47. The Morgan fingerprint density at radius 2 is 2.32 bits per heavy atom. The van der Waals surface area contributed by atoms with Crippen molar-refractivity contribution in [2.75, 3.05) is 7.11 Å². The van der Waals surface area contributed by atoms with Gasteiger partial charge in [-0.2, -0.15) is 0 Å². The smallest absolute Gasteiger partial charge is 0.328 e. The Morgan fingerprint density at radius 1 is 1.63 bits per heavy atom. The third-order valence-electron chi connectivity index (χ3n) is 2.95. The van der Waals surface area contributed by atoms with Crippen LogP contribution in [0.15, 0.2) is 10.9 Å². The first kappa shape index (κ1) is 14.0. The van der Waals surface area contributed by atoms with Gasteiger partial charge in [-0.05, 0) is 31.6 Å². The fourth-order valence-electron chi connectivity index (χ4n) is 1.88. The van der Waals surface area contributed by atoms with Gasteiger partial charge in [0.15, 0.2) is 4.77 Å². The topological polar surface area (TPSA) is 64.1 Å². The molecular weight excluding hydrogens is 284 g/mol. The summed E-state index contributed by atoms with van der Waals surface area (Å²) in [4.78, 5) is 28.8. The standard InChI is InChI=1S/C12H14N2O3S2/c1-4-7-5-8-9(19-7)13-12(18)14(10(8)15)6(2)11(16)17-3/h5-6H,4H2,1-3H3,(H,13,18). The van der Waals surface area contributed by atoms with Gasteiger partial charge in [0, 0.05) is 4.88 Å². The highest BCUT2D eigenvalue weighted by Gasteiger charge is 2.20. The lowest BCUT2D eigenvalue weighted by Gasteiger charge is -2.12. The number of esters is 1. The van der Waals surface area contributed by atoms with E-state index in [9.17, 15) is 9.59 Å². The number of carbonyl (C=O) groups is 1. The monoisotopic (exact) mass is 298 g/mol. The predicted octanol–water partition coefficient (Wildman–Crippen LogP) is 2.42. The Bertz CT molecular complexity index is 741. The van der Waals surface area contributed by atoms with E-state index in [1.807, 2.05) is 13.0 Å². The molecular formula is C12H14N2O3S2. The van der Waals surface area contributed by atoms with Crippen molar-refractivity contribution in [3.8, 4) is 0 Å². The van der Waals surface area contributed by atoms with Crippen LogP contribution in [0.4, 0.5) is 0 Å². The van der Waals surface area contributed by atoms with Crippen molar-refractivity contribution in [2.24, 2.45) is 0 Å². The molecule has 2 heterocycles. The summed E-state index contributed by atoms with van der Waals surface area (Å²) in [6.07, 6.45) is 0.853. The van der Waals surface area contributed by atoms with Gasteiger partial charge < -0.3 is 9.72 Å². The van der Waals surface area contributed by atoms with E-state index in [1.54, 1.807) is 6.92 Å². The number of aromatic amines is 1. The molecule has 2 rings (SSSR count). The highest BCUT2D eigenvalue weighted by atomic mass is 32.1. The number of aryl methyl sites for hydroxylation is 1. The summed E-state index contributed by atoms with van der Waals surface area (Å²) in [5.74, 6) is -0.494. The molecule has 0 saturated carbocycles. The number of nitrogens with zero attached hydrogens (tertiary/aromatic N) is 1. The van der Waals surface area contributed by atoms with Crippen molar-refractivity contribution in [1.29, 1.82) is 0 Å². The lowest BCUT2D eigenvalue weighted by molar-refractivity contribution is -0.144. The molecule has 1 N–H and O–H groups in total. The fourth-order valence-corrected chi connectivity index (χ4v) is 3.27. The van der Waals surface area contributed by atoms with Crippen LogP contribution in [0, 0.1) is 4.77 Å². The molecule has 0 radical (unpaired) electrons. The van der Waals surface area contributed by atoms with E-state index in [4.69, 9.17) is 12.2 Å². The molecule has 19 heavy (non-hydrogen) atoms. The lowest BCUT2D eigenvalue weighted by atomic mass is 10.3. The van der Waals surface area contributed by atoms with Gasteiger partial charge in [0.1, 0.15) is 10.9 Å². The van der Waals surface area contributed by atoms with E-state index in [1.165, 1.54) is 23.0 Å². The van der Waals surface area contributed by atoms with E-state index in [-0.39, 0.29) is 10.3 Å². The normalized spacial score (nSPS) is 12.6. The highest BCUT2D eigenvalue weighted by molar-refractivity contribution is 7.71. The summed E-state index contributed by atoms with van der Waals surface area (Å²) in [5, 5.41) is 0.561. The van der Waals surface area contributed by atoms with Crippen LogP contribution < -0.4 is 5.56 Å². The van der Waals surface area contributed by atoms with Crippen molar-refractivity contribution in [2.45, 2.75) is 26.3 Å². The second-order valence-corrected chi connectivity index (χ2v) is 5.64. The molecule has 0 amide bonds. The van der Waals surface area contributed by atoms with Crippen LogP contribution in [-0.2, 0) is 16.0 Å². The maximum Gasteiger partial charge on any atom is 0.328 e. The average Bonchev–Trinajstić information content (AvgIpc) is 2.80. The zero-order valence-corrected chi connectivity index (χ0v) is 12.5. The van der Waals surface area contributed by atoms with Crippen LogP contribution in [0.1, 0.15) is 24.8 Å². The number of carbonyl (C=O) groups excluding carboxylic acids is 1. The molecule has 0 aliphatic heterocycles. The molecule has 5 nitrogen and oxygen atoms in total. The van der Waals surface area contributed by atoms with Gasteiger partial charge in [-0.1, -0.05) is 6.92 Å². The highest BCUT2D eigenvalue weighted by Crippen LogP contribution is 2.22. The Morgan fingerprint density at radius 3 is 2.89 bits per heavy atom. The first-order valence-corrected chi connectivity index (χ1v) is 7.07. The number of hydrogen-bond acceptors (Lipinski definition) is 5. The number of hydrogen-bond donors (Lipinski definition) is 1. The molecule has 2 aromatic rings. The van der Waals surface area contributed by atoms with Gasteiger partial charge in [-0.3, -0.25) is 9.36 Å². The van der Waals surface area contributed by atoms with E-state index in [0.29, 0.717) is 5.39 Å².